The van der Waals surface area contributed by atoms with Crippen molar-refractivity contribution < 1.29 is 14.6 Å². The Morgan fingerprint density at radius 2 is 2.44 bits per heavy atom. The first-order valence-electron chi connectivity index (χ1n) is 6.27. The number of carboxylic acids is 1. The third-order valence-electron chi connectivity index (χ3n) is 3.42. The summed E-state index contributed by atoms with van der Waals surface area (Å²) in [5, 5.41) is 16.2. The fourth-order valence-corrected chi connectivity index (χ4v) is 2.63. The third kappa shape index (κ3) is 2.05. The Hall–Kier alpha value is -1.63. The first-order valence-corrected chi connectivity index (χ1v) is 6.27. The molecule has 7 heteroatoms. The van der Waals surface area contributed by atoms with E-state index in [4.69, 9.17) is 9.84 Å². The van der Waals surface area contributed by atoms with E-state index >= 15 is 0 Å². The molecule has 2 N–H and O–H groups in total. The average Bonchev–Trinajstić information content (AvgIpc) is 2.94. The van der Waals surface area contributed by atoms with Gasteiger partial charge in [0.2, 0.25) is 5.95 Å². The first kappa shape index (κ1) is 11.5. The monoisotopic (exact) mass is 252 g/mol. The SMILES string of the molecule is O=C(O)Cc1nc2n(n1)C(C1CCCO1)CCN2. The summed E-state index contributed by atoms with van der Waals surface area (Å²) in [6.07, 6.45) is 3.11. The van der Waals surface area contributed by atoms with Gasteiger partial charge in [0.25, 0.3) is 0 Å². The second-order valence-electron chi connectivity index (χ2n) is 4.70. The highest BCUT2D eigenvalue weighted by Crippen LogP contribution is 2.31. The van der Waals surface area contributed by atoms with Crippen LogP contribution in [-0.4, -0.2) is 45.1 Å². The summed E-state index contributed by atoms with van der Waals surface area (Å²) in [5.74, 6) is 0.111. The predicted molar refractivity (Wildman–Crippen MR) is 62.5 cm³/mol. The minimum atomic E-state index is -0.911. The van der Waals surface area contributed by atoms with Crippen molar-refractivity contribution in [3.05, 3.63) is 5.82 Å². The highest BCUT2D eigenvalue weighted by Gasteiger charge is 2.32. The number of anilines is 1. The summed E-state index contributed by atoms with van der Waals surface area (Å²) in [4.78, 5) is 14.9. The summed E-state index contributed by atoms with van der Waals surface area (Å²) >= 11 is 0. The van der Waals surface area contributed by atoms with E-state index in [1.54, 1.807) is 4.68 Å². The lowest BCUT2D eigenvalue weighted by Gasteiger charge is -2.28. The van der Waals surface area contributed by atoms with Gasteiger partial charge in [0.15, 0.2) is 5.82 Å². The summed E-state index contributed by atoms with van der Waals surface area (Å²) in [6.45, 7) is 1.64. The van der Waals surface area contributed by atoms with E-state index in [9.17, 15) is 4.79 Å². The van der Waals surface area contributed by atoms with Crippen LogP contribution in [0.3, 0.4) is 0 Å². The van der Waals surface area contributed by atoms with Gasteiger partial charge in [-0.25, -0.2) is 4.68 Å². The topological polar surface area (TPSA) is 89.3 Å². The van der Waals surface area contributed by atoms with Gasteiger partial charge in [0.05, 0.1) is 12.1 Å². The van der Waals surface area contributed by atoms with Crippen LogP contribution in [0.15, 0.2) is 0 Å². The molecule has 1 aromatic heterocycles. The van der Waals surface area contributed by atoms with Crippen molar-refractivity contribution in [1.29, 1.82) is 0 Å². The summed E-state index contributed by atoms with van der Waals surface area (Å²) < 4.78 is 7.51. The van der Waals surface area contributed by atoms with E-state index < -0.39 is 5.97 Å². The zero-order valence-corrected chi connectivity index (χ0v) is 10.0. The molecule has 98 valence electrons. The third-order valence-corrected chi connectivity index (χ3v) is 3.42. The maximum atomic E-state index is 10.7. The molecule has 0 aliphatic carbocycles. The molecule has 1 aromatic rings. The van der Waals surface area contributed by atoms with Gasteiger partial charge in [-0.15, -0.1) is 0 Å². The van der Waals surface area contributed by atoms with Gasteiger partial charge in [-0.1, -0.05) is 0 Å². The minimum Gasteiger partial charge on any atom is -0.481 e. The number of hydrogen-bond acceptors (Lipinski definition) is 5. The van der Waals surface area contributed by atoms with Crippen molar-refractivity contribution in [2.45, 2.75) is 37.8 Å². The first-order chi connectivity index (χ1) is 8.74. The van der Waals surface area contributed by atoms with Crippen LogP contribution in [0.25, 0.3) is 0 Å². The number of ether oxygens (including phenoxy) is 1. The van der Waals surface area contributed by atoms with Crippen LogP contribution in [0.2, 0.25) is 0 Å². The predicted octanol–water partition coefficient (Wildman–Crippen LogP) is 0.441. The second kappa shape index (κ2) is 4.56. The van der Waals surface area contributed by atoms with Gasteiger partial charge in [-0.05, 0) is 19.3 Å². The summed E-state index contributed by atoms with van der Waals surface area (Å²) in [6, 6.07) is 0.179. The summed E-state index contributed by atoms with van der Waals surface area (Å²) in [7, 11) is 0. The van der Waals surface area contributed by atoms with Gasteiger partial charge in [-0.3, -0.25) is 4.79 Å². The molecule has 1 fully saturated rings. The Labute approximate surface area is 104 Å². The van der Waals surface area contributed by atoms with Gasteiger partial charge < -0.3 is 15.2 Å². The Morgan fingerprint density at radius 1 is 1.56 bits per heavy atom. The largest absolute Gasteiger partial charge is 0.481 e. The number of aromatic nitrogens is 3. The Morgan fingerprint density at radius 3 is 3.17 bits per heavy atom. The molecule has 7 nitrogen and oxygen atoms in total. The lowest BCUT2D eigenvalue weighted by Crippen LogP contribution is -2.32. The standard InChI is InChI=1S/C11H16N4O3/c16-10(17)6-9-13-11-12-4-3-7(15(11)14-9)8-2-1-5-18-8/h7-8H,1-6H2,(H,16,17)(H,12,13,14). The fraction of sp³-hybridized carbons (Fsp3) is 0.727. The lowest BCUT2D eigenvalue weighted by atomic mass is 10.0. The molecule has 2 aliphatic heterocycles. The maximum Gasteiger partial charge on any atom is 0.311 e. The Kier molecular flexibility index (Phi) is 2.91. The number of fused-ring (bicyclic) bond motifs is 1. The molecular weight excluding hydrogens is 236 g/mol. The maximum absolute atomic E-state index is 10.7. The number of hydrogen-bond donors (Lipinski definition) is 2. The van der Waals surface area contributed by atoms with E-state index in [2.05, 4.69) is 15.4 Å². The Balaban J connectivity index is 1.85. The van der Waals surface area contributed by atoms with Crippen molar-refractivity contribution >= 4 is 11.9 Å². The highest BCUT2D eigenvalue weighted by molar-refractivity contribution is 5.69. The molecule has 2 aliphatic rings. The van der Waals surface area contributed by atoms with Crippen molar-refractivity contribution in [2.75, 3.05) is 18.5 Å². The van der Waals surface area contributed by atoms with E-state index in [0.717, 1.165) is 32.4 Å². The minimum absolute atomic E-state index is 0.139. The second-order valence-corrected chi connectivity index (χ2v) is 4.70. The number of carboxylic acid groups (broad SMARTS) is 1. The zero-order valence-electron chi connectivity index (χ0n) is 10.0. The van der Waals surface area contributed by atoms with E-state index in [1.165, 1.54) is 0 Å². The van der Waals surface area contributed by atoms with Gasteiger partial charge in [-0.2, -0.15) is 10.1 Å². The number of nitrogens with one attached hydrogen (secondary N) is 1. The van der Waals surface area contributed by atoms with Crippen LogP contribution in [0, 0.1) is 0 Å². The number of rotatable bonds is 3. The molecular formula is C11H16N4O3. The number of nitrogens with zero attached hydrogens (tertiary/aromatic N) is 3. The molecule has 18 heavy (non-hydrogen) atoms. The van der Waals surface area contributed by atoms with Crippen LogP contribution in [0.5, 0.6) is 0 Å². The highest BCUT2D eigenvalue weighted by atomic mass is 16.5. The van der Waals surface area contributed by atoms with E-state index in [0.29, 0.717) is 11.8 Å². The van der Waals surface area contributed by atoms with Crippen molar-refractivity contribution in [3.8, 4) is 0 Å². The van der Waals surface area contributed by atoms with E-state index in [1.807, 2.05) is 0 Å². The van der Waals surface area contributed by atoms with Gasteiger partial charge in [0, 0.05) is 13.2 Å². The smallest absolute Gasteiger partial charge is 0.311 e. The quantitative estimate of drug-likeness (QED) is 0.811. The fourth-order valence-electron chi connectivity index (χ4n) is 2.63. The van der Waals surface area contributed by atoms with Crippen molar-refractivity contribution in [1.82, 2.24) is 14.8 Å². The lowest BCUT2D eigenvalue weighted by molar-refractivity contribution is -0.136. The Bertz CT molecular complexity index is 453. The molecule has 0 bridgehead atoms. The van der Waals surface area contributed by atoms with Crippen molar-refractivity contribution in [2.24, 2.45) is 0 Å². The molecule has 1 saturated heterocycles. The molecule has 2 atom stereocenters. The van der Waals surface area contributed by atoms with Gasteiger partial charge >= 0.3 is 5.97 Å². The molecule has 0 amide bonds. The molecule has 0 saturated carbocycles. The molecule has 0 spiro atoms. The van der Waals surface area contributed by atoms with E-state index in [-0.39, 0.29) is 18.6 Å². The summed E-state index contributed by atoms with van der Waals surface area (Å²) in [5.41, 5.74) is 0. The van der Waals surface area contributed by atoms with Crippen molar-refractivity contribution in [3.63, 3.8) is 0 Å². The molecule has 3 heterocycles. The van der Waals surface area contributed by atoms with Crippen LogP contribution in [0.4, 0.5) is 5.95 Å². The zero-order chi connectivity index (χ0) is 12.5. The number of aliphatic carboxylic acids is 1. The molecule has 2 unspecified atom stereocenters. The number of carbonyl (C=O) groups is 1. The van der Waals surface area contributed by atoms with Crippen LogP contribution in [-0.2, 0) is 16.0 Å². The van der Waals surface area contributed by atoms with Gasteiger partial charge in [0.1, 0.15) is 6.42 Å². The van der Waals surface area contributed by atoms with Crippen LogP contribution < -0.4 is 5.32 Å². The normalized spacial score (nSPS) is 26.7. The molecule has 3 rings (SSSR count). The molecule has 0 radical (unpaired) electrons. The average molecular weight is 252 g/mol. The van der Waals surface area contributed by atoms with Crippen LogP contribution in [0.1, 0.15) is 31.1 Å². The molecule has 0 aromatic carbocycles. The van der Waals surface area contributed by atoms with Crippen LogP contribution >= 0.6 is 0 Å².